The first-order valence-electron chi connectivity index (χ1n) is 8.50. The summed E-state index contributed by atoms with van der Waals surface area (Å²) in [6.07, 6.45) is 6.56. The summed E-state index contributed by atoms with van der Waals surface area (Å²) in [5, 5.41) is 4.46. The van der Waals surface area contributed by atoms with E-state index in [9.17, 15) is 0 Å². The van der Waals surface area contributed by atoms with Gasteiger partial charge in [-0.15, -0.1) is 0 Å². The van der Waals surface area contributed by atoms with Gasteiger partial charge in [0.25, 0.3) is 0 Å². The topological polar surface area (TPSA) is 43.2 Å². The standard InChI is InChI=1S/C18H24N4O/c1-21-18-15(8-20-21)9-22(11-17-4-2-3-7-19-17)10-16(18)13-23-12-14-5-6-14/h2-4,7-8,14,16H,5-6,9-13H2,1H3. The van der Waals surface area contributed by atoms with Crippen molar-refractivity contribution in [2.24, 2.45) is 13.0 Å². The zero-order valence-corrected chi connectivity index (χ0v) is 13.7. The minimum absolute atomic E-state index is 0.397. The lowest BCUT2D eigenvalue weighted by molar-refractivity contribution is 0.0867. The van der Waals surface area contributed by atoms with Gasteiger partial charge >= 0.3 is 0 Å². The lowest BCUT2D eigenvalue weighted by Crippen LogP contribution is -2.36. The van der Waals surface area contributed by atoms with Gasteiger partial charge in [-0.05, 0) is 30.9 Å². The van der Waals surface area contributed by atoms with E-state index in [2.05, 4.69) is 27.1 Å². The number of rotatable bonds is 6. The third kappa shape index (κ3) is 3.46. The third-order valence-corrected chi connectivity index (χ3v) is 4.80. The number of aryl methyl sites for hydroxylation is 1. The highest BCUT2D eigenvalue weighted by molar-refractivity contribution is 5.25. The molecule has 3 heterocycles. The van der Waals surface area contributed by atoms with Gasteiger partial charge in [-0.3, -0.25) is 14.6 Å². The largest absolute Gasteiger partial charge is 0.380 e. The van der Waals surface area contributed by atoms with Crippen LogP contribution in [-0.4, -0.2) is 39.4 Å². The average molecular weight is 312 g/mol. The molecular weight excluding hydrogens is 288 g/mol. The second-order valence-electron chi connectivity index (χ2n) is 6.85. The van der Waals surface area contributed by atoms with Crippen LogP contribution in [0, 0.1) is 5.92 Å². The Balaban J connectivity index is 1.46. The fraction of sp³-hybridized carbons (Fsp3) is 0.556. The molecule has 2 aromatic rings. The minimum Gasteiger partial charge on any atom is -0.380 e. The van der Waals surface area contributed by atoms with Crippen molar-refractivity contribution >= 4 is 0 Å². The quantitative estimate of drug-likeness (QED) is 0.821. The Morgan fingerprint density at radius 3 is 2.96 bits per heavy atom. The first-order valence-corrected chi connectivity index (χ1v) is 8.50. The van der Waals surface area contributed by atoms with E-state index >= 15 is 0 Å². The summed E-state index contributed by atoms with van der Waals surface area (Å²) in [4.78, 5) is 6.91. The molecule has 2 aromatic heterocycles. The predicted octanol–water partition coefficient (Wildman–Crippen LogP) is 2.34. The molecule has 0 N–H and O–H groups in total. The van der Waals surface area contributed by atoms with Crippen molar-refractivity contribution in [1.29, 1.82) is 0 Å². The summed E-state index contributed by atoms with van der Waals surface area (Å²) in [6.45, 7) is 4.55. The van der Waals surface area contributed by atoms with Crippen LogP contribution in [0.3, 0.4) is 0 Å². The van der Waals surface area contributed by atoms with E-state index < -0.39 is 0 Å². The Morgan fingerprint density at radius 2 is 2.17 bits per heavy atom. The van der Waals surface area contributed by atoms with Gasteiger partial charge in [0.15, 0.2) is 0 Å². The summed E-state index contributed by atoms with van der Waals surface area (Å²) >= 11 is 0. The van der Waals surface area contributed by atoms with Crippen molar-refractivity contribution in [2.45, 2.75) is 31.8 Å². The Kier molecular flexibility index (Phi) is 4.14. The van der Waals surface area contributed by atoms with E-state index in [0.717, 1.165) is 44.5 Å². The van der Waals surface area contributed by atoms with Gasteiger partial charge in [-0.25, -0.2) is 0 Å². The van der Waals surface area contributed by atoms with Gasteiger partial charge < -0.3 is 4.74 Å². The highest BCUT2D eigenvalue weighted by Crippen LogP contribution is 2.31. The van der Waals surface area contributed by atoms with Crippen LogP contribution in [0.25, 0.3) is 0 Å². The van der Waals surface area contributed by atoms with Crippen molar-refractivity contribution in [3.8, 4) is 0 Å². The van der Waals surface area contributed by atoms with Crippen molar-refractivity contribution < 1.29 is 4.74 Å². The molecule has 1 fully saturated rings. The maximum absolute atomic E-state index is 5.99. The average Bonchev–Trinajstić information content (AvgIpc) is 3.31. The van der Waals surface area contributed by atoms with Gasteiger partial charge in [0.2, 0.25) is 0 Å². The van der Waals surface area contributed by atoms with Gasteiger partial charge in [0.1, 0.15) is 0 Å². The smallest absolute Gasteiger partial charge is 0.0562 e. The Hall–Kier alpha value is -1.72. The molecule has 1 saturated carbocycles. The second kappa shape index (κ2) is 6.42. The van der Waals surface area contributed by atoms with Crippen molar-refractivity contribution in [3.05, 3.63) is 47.5 Å². The van der Waals surface area contributed by atoms with Gasteiger partial charge in [0.05, 0.1) is 18.5 Å². The van der Waals surface area contributed by atoms with E-state index in [1.165, 1.54) is 24.1 Å². The molecule has 5 heteroatoms. The van der Waals surface area contributed by atoms with Crippen molar-refractivity contribution in [1.82, 2.24) is 19.7 Å². The molecule has 0 amide bonds. The fourth-order valence-electron chi connectivity index (χ4n) is 3.48. The molecule has 23 heavy (non-hydrogen) atoms. The summed E-state index contributed by atoms with van der Waals surface area (Å²) < 4.78 is 8.02. The van der Waals surface area contributed by atoms with Gasteiger partial charge in [-0.2, -0.15) is 5.10 Å². The second-order valence-corrected chi connectivity index (χ2v) is 6.85. The Morgan fingerprint density at radius 1 is 1.26 bits per heavy atom. The molecule has 5 nitrogen and oxygen atoms in total. The molecule has 4 rings (SSSR count). The maximum Gasteiger partial charge on any atom is 0.0562 e. The molecule has 0 aromatic carbocycles. The van der Waals surface area contributed by atoms with Crippen molar-refractivity contribution in [3.63, 3.8) is 0 Å². The molecule has 122 valence electrons. The van der Waals surface area contributed by atoms with Gasteiger partial charge in [0, 0.05) is 56.7 Å². The van der Waals surface area contributed by atoms with Crippen molar-refractivity contribution in [2.75, 3.05) is 19.8 Å². The van der Waals surface area contributed by atoms with Crippen LogP contribution < -0.4 is 0 Å². The zero-order chi connectivity index (χ0) is 15.6. The highest BCUT2D eigenvalue weighted by atomic mass is 16.5. The predicted molar refractivity (Wildman–Crippen MR) is 87.8 cm³/mol. The fourth-order valence-corrected chi connectivity index (χ4v) is 3.48. The molecule has 1 atom stereocenters. The Bertz CT molecular complexity index is 650. The number of fused-ring (bicyclic) bond motifs is 1. The molecule has 1 aliphatic carbocycles. The Labute approximate surface area is 137 Å². The van der Waals surface area contributed by atoms with E-state index in [1.54, 1.807) is 0 Å². The SMILES string of the molecule is Cn1ncc2c1C(COCC1CC1)CN(Cc1ccccn1)C2. The zero-order valence-electron chi connectivity index (χ0n) is 13.7. The summed E-state index contributed by atoms with van der Waals surface area (Å²) in [7, 11) is 2.04. The summed E-state index contributed by atoms with van der Waals surface area (Å²) in [5.74, 6) is 1.21. The first-order chi connectivity index (χ1) is 11.3. The molecule has 2 aliphatic rings. The molecule has 0 bridgehead atoms. The van der Waals surface area contributed by atoms with Crippen LogP contribution in [0.2, 0.25) is 0 Å². The van der Waals surface area contributed by atoms with Crippen LogP contribution in [0.15, 0.2) is 30.6 Å². The van der Waals surface area contributed by atoms with Crippen LogP contribution in [-0.2, 0) is 24.9 Å². The molecule has 0 saturated heterocycles. The number of hydrogen-bond acceptors (Lipinski definition) is 4. The van der Waals surface area contributed by atoms with E-state index in [1.807, 2.05) is 30.2 Å². The maximum atomic E-state index is 5.99. The summed E-state index contributed by atoms with van der Waals surface area (Å²) in [6, 6.07) is 6.11. The molecule has 1 aliphatic heterocycles. The summed E-state index contributed by atoms with van der Waals surface area (Å²) in [5.41, 5.74) is 3.80. The van der Waals surface area contributed by atoms with Gasteiger partial charge in [-0.1, -0.05) is 6.07 Å². The lowest BCUT2D eigenvalue weighted by Gasteiger charge is -2.32. The first kappa shape index (κ1) is 14.8. The minimum atomic E-state index is 0.397. The normalized spacial score (nSPS) is 21.3. The lowest BCUT2D eigenvalue weighted by atomic mass is 9.96. The van der Waals surface area contributed by atoms with E-state index in [0.29, 0.717) is 5.92 Å². The number of hydrogen-bond donors (Lipinski definition) is 0. The number of pyridine rings is 1. The van der Waals surface area contributed by atoms with E-state index in [-0.39, 0.29) is 0 Å². The van der Waals surface area contributed by atoms with Crippen LogP contribution in [0.5, 0.6) is 0 Å². The third-order valence-electron chi connectivity index (χ3n) is 4.80. The number of aromatic nitrogens is 3. The van der Waals surface area contributed by atoms with Crippen LogP contribution >= 0.6 is 0 Å². The molecule has 1 unspecified atom stereocenters. The highest BCUT2D eigenvalue weighted by Gasteiger charge is 2.30. The molecular formula is C18H24N4O. The molecule has 0 spiro atoms. The number of ether oxygens (including phenoxy) is 1. The van der Waals surface area contributed by atoms with Crippen LogP contribution in [0.1, 0.15) is 35.7 Å². The van der Waals surface area contributed by atoms with Crippen LogP contribution in [0.4, 0.5) is 0 Å². The molecule has 0 radical (unpaired) electrons. The van der Waals surface area contributed by atoms with E-state index in [4.69, 9.17) is 4.74 Å². The number of nitrogens with zero attached hydrogens (tertiary/aromatic N) is 4. The monoisotopic (exact) mass is 312 g/mol.